The molecule has 0 aromatic heterocycles. The van der Waals surface area contributed by atoms with Gasteiger partial charge in [-0.2, -0.15) is 0 Å². The van der Waals surface area contributed by atoms with Crippen molar-refractivity contribution in [3.8, 4) is 5.75 Å². The molecule has 1 aliphatic heterocycles. The Morgan fingerprint density at radius 3 is 2.75 bits per heavy atom. The number of amidine groups is 1. The van der Waals surface area contributed by atoms with Crippen LogP contribution in [0.15, 0.2) is 39.8 Å². The van der Waals surface area contributed by atoms with Crippen molar-refractivity contribution in [2.24, 2.45) is 10.7 Å². The third-order valence-corrected chi connectivity index (χ3v) is 4.39. The Bertz CT molecular complexity index is 985. The molecule has 2 aromatic carbocycles. The molecule has 7 heteroatoms. The molecule has 1 atom stereocenters. The number of nitrogen functional groups attached to an aromatic ring is 1. The molecule has 1 aliphatic rings. The van der Waals surface area contributed by atoms with Crippen molar-refractivity contribution in [1.29, 1.82) is 5.41 Å². The fraction of sp³-hybridized carbons (Fsp3) is 0.118. The van der Waals surface area contributed by atoms with E-state index in [4.69, 9.17) is 16.2 Å². The van der Waals surface area contributed by atoms with Crippen molar-refractivity contribution in [3.05, 3.63) is 62.1 Å². The number of benzene rings is 2. The predicted octanol–water partition coefficient (Wildman–Crippen LogP) is 1.22. The number of nitrogens with one attached hydrogen (secondary N) is 1. The van der Waals surface area contributed by atoms with E-state index in [1.807, 2.05) is 6.08 Å². The Morgan fingerprint density at radius 1 is 1.33 bits per heavy atom. The summed E-state index contributed by atoms with van der Waals surface area (Å²) in [4.78, 5) is 15.5. The maximum Gasteiger partial charge on any atom is 0.307 e. The van der Waals surface area contributed by atoms with E-state index in [2.05, 4.69) is 20.9 Å². The number of phenols is 1. The number of aliphatic carboxylic acids is 1. The number of carboxylic acid groups (broad SMARTS) is 1. The van der Waals surface area contributed by atoms with Crippen LogP contribution in [0.25, 0.3) is 6.08 Å². The van der Waals surface area contributed by atoms with E-state index in [0.717, 1.165) is 10.6 Å². The number of phenolic OH excluding ortho intramolecular Hbond substituents is 1. The Kier molecular flexibility index (Phi) is 4.11. The fourth-order valence-electron chi connectivity index (χ4n) is 2.67. The first-order chi connectivity index (χ1) is 11.3. The number of nitrogens with zero attached hydrogens (tertiary/aromatic N) is 1. The van der Waals surface area contributed by atoms with Crippen LogP contribution in [0, 0.1) is 5.41 Å². The summed E-state index contributed by atoms with van der Waals surface area (Å²) in [5.74, 6) is -0.933. The fourth-order valence-corrected chi connectivity index (χ4v) is 3.19. The maximum atomic E-state index is 10.9. The quantitative estimate of drug-likeness (QED) is 0.465. The van der Waals surface area contributed by atoms with Crippen LogP contribution in [-0.2, 0) is 11.2 Å². The van der Waals surface area contributed by atoms with Crippen molar-refractivity contribution in [2.75, 3.05) is 0 Å². The van der Waals surface area contributed by atoms with E-state index < -0.39 is 12.0 Å². The van der Waals surface area contributed by atoms with Gasteiger partial charge >= 0.3 is 5.97 Å². The number of aromatic hydroxyl groups is 1. The summed E-state index contributed by atoms with van der Waals surface area (Å²) in [6.45, 7) is 0. The monoisotopic (exact) mass is 387 g/mol. The number of halogens is 1. The van der Waals surface area contributed by atoms with Gasteiger partial charge < -0.3 is 15.9 Å². The van der Waals surface area contributed by atoms with Gasteiger partial charge in [0.05, 0.1) is 22.3 Å². The number of carbonyl (C=O) groups is 1. The highest BCUT2D eigenvalue weighted by Crippen LogP contribution is 2.36. The zero-order chi connectivity index (χ0) is 17.4. The highest BCUT2D eigenvalue weighted by atomic mass is 79.9. The molecule has 122 valence electrons. The lowest BCUT2D eigenvalue weighted by atomic mass is 10.0. The van der Waals surface area contributed by atoms with Crippen LogP contribution < -0.4 is 16.3 Å². The summed E-state index contributed by atoms with van der Waals surface area (Å²) in [7, 11) is 0. The first kappa shape index (κ1) is 16.2. The minimum atomic E-state index is -0.944. The molecular weight excluding hydrogens is 374 g/mol. The summed E-state index contributed by atoms with van der Waals surface area (Å²) in [5, 5.41) is 28.3. The van der Waals surface area contributed by atoms with Crippen molar-refractivity contribution < 1.29 is 15.0 Å². The van der Waals surface area contributed by atoms with Crippen molar-refractivity contribution in [2.45, 2.75) is 12.5 Å². The molecule has 1 heterocycles. The maximum absolute atomic E-state index is 10.9. The Morgan fingerprint density at radius 2 is 2.08 bits per heavy atom. The van der Waals surface area contributed by atoms with Gasteiger partial charge in [0.15, 0.2) is 0 Å². The molecule has 0 aliphatic carbocycles. The molecule has 5 N–H and O–H groups in total. The number of fused-ring (bicyclic) bond motifs is 1. The molecule has 2 aromatic rings. The van der Waals surface area contributed by atoms with E-state index in [1.54, 1.807) is 30.3 Å². The lowest BCUT2D eigenvalue weighted by Crippen LogP contribution is -2.24. The van der Waals surface area contributed by atoms with E-state index >= 15 is 0 Å². The summed E-state index contributed by atoms with van der Waals surface area (Å²) >= 11 is 3.26. The zero-order valence-electron chi connectivity index (χ0n) is 12.5. The second kappa shape index (κ2) is 6.09. The van der Waals surface area contributed by atoms with E-state index in [-0.39, 0.29) is 18.0 Å². The third-order valence-electron chi connectivity index (χ3n) is 3.78. The Balaban J connectivity index is 2.08. The van der Waals surface area contributed by atoms with Crippen LogP contribution in [0.2, 0.25) is 0 Å². The van der Waals surface area contributed by atoms with Crippen LogP contribution in [-0.4, -0.2) is 22.0 Å². The van der Waals surface area contributed by atoms with Crippen molar-refractivity contribution in [1.82, 2.24) is 0 Å². The normalized spacial score (nSPS) is 15.3. The van der Waals surface area contributed by atoms with E-state index in [9.17, 15) is 9.90 Å². The second-order valence-corrected chi connectivity index (χ2v) is 6.37. The summed E-state index contributed by atoms with van der Waals surface area (Å²) in [6.07, 6.45) is 1.72. The average molecular weight is 388 g/mol. The first-order valence-corrected chi connectivity index (χ1v) is 7.91. The van der Waals surface area contributed by atoms with Gasteiger partial charge in [0, 0.05) is 11.1 Å². The molecule has 24 heavy (non-hydrogen) atoms. The van der Waals surface area contributed by atoms with Gasteiger partial charge in [-0.1, -0.05) is 0 Å². The van der Waals surface area contributed by atoms with Crippen LogP contribution in [0.3, 0.4) is 0 Å². The summed E-state index contributed by atoms with van der Waals surface area (Å²) in [6, 6.07) is 8.08. The molecule has 6 nitrogen and oxygen atoms in total. The standard InChI is InChI=1S/C17H14BrN3O3/c18-12-4-8(5-15(22)23)3-11(16(12)24)14-7-10-6-9(17(19)20)1-2-13(10)21-14/h1-4,6-7,14,24H,5H2,(H3,19,20)(H,22,23). The van der Waals surface area contributed by atoms with Crippen LogP contribution in [0.4, 0.5) is 0 Å². The minimum Gasteiger partial charge on any atom is -0.506 e. The summed E-state index contributed by atoms with van der Waals surface area (Å²) < 4.78 is 0.431. The smallest absolute Gasteiger partial charge is 0.307 e. The SMILES string of the molecule is N=C(N)c1ccc2c(c1)=CC(c1cc(CC(=O)O)cc(Br)c1O)N=2. The Labute approximate surface area is 145 Å². The molecule has 0 amide bonds. The number of hydrogen-bond donors (Lipinski definition) is 4. The van der Waals surface area contributed by atoms with E-state index in [0.29, 0.717) is 21.2 Å². The highest BCUT2D eigenvalue weighted by Gasteiger charge is 2.19. The van der Waals surface area contributed by atoms with E-state index in [1.165, 1.54) is 0 Å². The van der Waals surface area contributed by atoms with Crippen LogP contribution in [0.5, 0.6) is 5.75 Å². The minimum absolute atomic E-state index is 0.0244. The molecule has 0 saturated carbocycles. The average Bonchev–Trinajstić information content (AvgIpc) is 2.92. The number of hydrogen-bond acceptors (Lipinski definition) is 4. The third kappa shape index (κ3) is 3.03. The first-order valence-electron chi connectivity index (χ1n) is 7.12. The molecular formula is C17H14BrN3O3. The number of carboxylic acids is 1. The van der Waals surface area contributed by atoms with Gasteiger partial charge in [0.25, 0.3) is 0 Å². The van der Waals surface area contributed by atoms with Gasteiger partial charge in [-0.05, 0) is 63.1 Å². The van der Waals surface area contributed by atoms with Gasteiger partial charge in [-0.25, -0.2) is 0 Å². The molecule has 0 bridgehead atoms. The predicted molar refractivity (Wildman–Crippen MR) is 92.6 cm³/mol. The lowest BCUT2D eigenvalue weighted by Gasteiger charge is -2.12. The van der Waals surface area contributed by atoms with Gasteiger partial charge in [0.1, 0.15) is 11.6 Å². The summed E-state index contributed by atoms with van der Waals surface area (Å²) in [5.41, 5.74) is 7.21. The lowest BCUT2D eigenvalue weighted by molar-refractivity contribution is -0.136. The van der Waals surface area contributed by atoms with Gasteiger partial charge in [0.2, 0.25) is 0 Å². The van der Waals surface area contributed by atoms with Crippen LogP contribution in [0.1, 0.15) is 22.7 Å². The molecule has 0 saturated heterocycles. The van der Waals surface area contributed by atoms with Crippen LogP contribution >= 0.6 is 15.9 Å². The number of nitrogens with two attached hydrogens (primary N) is 1. The topological polar surface area (TPSA) is 120 Å². The number of rotatable bonds is 4. The molecule has 3 rings (SSSR count). The van der Waals surface area contributed by atoms with Gasteiger partial charge in [-0.15, -0.1) is 0 Å². The van der Waals surface area contributed by atoms with Gasteiger partial charge in [-0.3, -0.25) is 15.2 Å². The Hall–Kier alpha value is -2.67. The largest absolute Gasteiger partial charge is 0.506 e. The molecule has 1 unspecified atom stereocenters. The zero-order valence-corrected chi connectivity index (χ0v) is 14.0. The van der Waals surface area contributed by atoms with Crippen molar-refractivity contribution in [3.63, 3.8) is 0 Å². The second-order valence-electron chi connectivity index (χ2n) is 5.51. The highest BCUT2D eigenvalue weighted by molar-refractivity contribution is 9.10. The molecule has 0 radical (unpaired) electrons. The van der Waals surface area contributed by atoms with Crippen molar-refractivity contribution >= 4 is 33.8 Å². The molecule has 0 fully saturated rings. The molecule has 0 spiro atoms.